The van der Waals surface area contributed by atoms with E-state index in [0.717, 1.165) is 24.0 Å². The molecule has 0 atom stereocenters. The molecule has 0 bridgehead atoms. The molecule has 0 aliphatic rings. The van der Waals surface area contributed by atoms with E-state index < -0.39 is 25.2 Å². The number of hydrogen-bond acceptors (Lipinski definition) is 6. The van der Waals surface area contributed by atoms with Gasteiger partial charge in [-0.05, 0) is 55.0 Å². The van der Waals surface area contributed by atoms with E-state index in [-0.39, 0.29) is 29.3 Å². The third-order valence-corrected chi connectivity index (χ3v) is 4.70. The first kappa shape index (κ1) is 25.0. The van der Waals surface area contributed by atoms with E-state index in [0.29, 0.717) is 12.0 Å². The van der Waals surface area contributed by atoms with E-state index >= 15 is 0 Å². The van der Waals surface area contributed by atoms with Crippen molar-refractivity contribution in [2.45, 2.75) is 26.2 Å². The predicted octanol–water partition coefficient (Wildman–Crippen LogP) is 3.94. The Morgan fingerprint density at radius 1 is 0.938 bits per heavy atom. The Kier molecular flexibility index (Phi) is 9.78. The zero-order valence-corrected chi connectivity index (χ0v) is 18.0. The second-order valence-electron chi connectivity index (χ2n) is 7.05. The summed E-state index contributed by atoms with van der Waals surface area (Å²) in [5.41, 5.74) is 2.43. The molecule has 2 aromatic carbocycles. The van der Waals surface area contributed by atoms with Gasteiger partial charge in [-0.1, -0.05) is 36.9 Å². The number of carbonyl (C=O) groups is 2. The van der Waals surface area contributed by atoms with E-state index in [9.17, 15) is 19.1 Å². The fourth-order valence-electron chi connectivity index (χ4n) is 2.83. The van der Waals surface area contributed by atoms with Gasteiger partial charge in [0.2, 0.25) is 0 Å². The van der Waals surface area contributed by atoms with Gasteiger partial charge in [-0.25, -0.2) is 9.59 Å². The summed E-state index contributed by atoms with van der Waals surface area (Å²) in [7, 11) is 0. The Hall–Kier alpha value is -3.29. The molecule has 0 saturated heterocycles. The molecule has 0 fully saturated rings. The summed E-state index contributed by atoms with van der Waals surface area (Å²) in [4.78, 5) is 24.3. The molecule has 0 radical (unpaired) electrons. The van der Waals surface area contributed by atoms with Gasteiger partial charge in [-0.2, -0.15) is 0 Å². The van der Waals surface area contributed by atoms with Crippen molar-refractivity contribution >= 4 is 11.9 Å². The van der Waals surface area contributed by atoms with Gasteiger partial charge in [0.15, 0.2) is 0 Å². The van der Waals surface area contributed by atoms with E-state index in [2.05, 4.69) is 6.58 Å². The molecule has 0 aliphatic carbocycles. The summed E-state index contributed by atoms with van der Waals surface area (Å²) in [6.07, 6.45) is 3.49. The van der Waals surface area contributed by atoms with Crippen molar-refractivity contribution in [2.24, 2.45) is 0 Å². The number of aliphatic hydroxyl groups excluding tert-OH is 2. The number of rotatable bonds is 11. The van der Waals surface area contributed by atoms with E-state index in [4.69, 9.17) is 14.6 Å². The smallest absolute Gasteiger partial charge is 0.341 e. The van der Waals surface area contributed by atoms with Gasteiger partial charge in [0.1, 0.15) is 11.5 Å². The van der Waals surface area contributed by atoms with Crippen molar-refractivity contribution in [3.63, 3.8) is 0 Å². The predicted molar refractivity (Wildman–Crippen MR) is 119 cm³/mol. The highest BCUT2D eigenvalue weighted by Crippen LogP contribution is 2.31. The van der Waals surface area contributed by atoms with Crippen LogP contribution < -0.4 is 9.47 Å². The molecule has 0 heterocycles. The molecule has 0 unspecified atom stereocenters. The molecule has 0 spiro atoms. The van der Waals surface area contributed by atoms with Gasteiger partial charge in [0.25, 0.3) is 0 Å². The van der Waals surface area contributed by atoms with Crippen LogP contribution in [0.1, 0.15) is 25.3 Å². The van der Waals surface area contributed by atoms with Crippen LogP contribution in [0.2, 0.25) is 0 Å². The highest BCUT2D eigenvalue weighted by Gasteiger charge is 2.15. The van der Waals surface area contributed by atoms with Gasteiger partial charge in [-0.15, -0.1) is 0 Å². The molecule has 2 aromatic rings. The number of unbranched alkanes of at least 4 members (excludes halogenated alkanes) is 1. The molecule has 2 N–H and O–H groups in total. The fraction of sp³-hybridized carbons (Fsp3) is 0.280. The lowest BCUT2D eigenvalue weighted by Crippen LogP contribution is -2.15. The lowest BCUT2D eigenvalue weighted by molar-refractivity contribution is -0.131. The number of carbonyl (C=O) groups excluding carboxylic acids is 2. The first-order chi connectivity index (χ1) is 15.4. The first-order valence-corrected chi connectivity index (χ1v) is 10.2. The van der Waals surface area contributed by atoms with Crippen molar-refractivity contribution in [1.82, 2.24) is 0 Å². The van der Waals surface area contributed by atoms with Crippen LogP contribution in [0.5, 0.6) is 11.5 Å². The first-order valence-electron chi connectivity index (χ1n) is 10.2. The van der Waals surface area contributed by atoms with E-state index in [1.165, 1.54) is 12.1 Å². The number of allylic oxidation sites excluding steroid dienone is 1. The third-order valence-electron chi connectivity index (χ3n) is 4.70. The lowest BCUT2D eigenvalue weighted by Gasteiger charge is -2.12. The van der Waals surface area contributed by atoms with Crippen LogP contribution in [0.3, 0.4) is 0 Å². The van der Waals surface area contributed by atoms with Crippen molar-refractivity contribution in [3.8, 4) is 22.6 Å². The molecule has 0 aliphatic heterocycles. The summed E-state index contributed by atoms with van der Waals surface area (Å²) in [6.45, 7) is 3.68. The van der Waals surface area contributed by atoms with Crippen LogP contribution in [-0.4, -0.2) is 42.0 Å². The van der Waals surface area contributed by atoms with Crippen molar-refractivity contribution in [2.75, 3.05) is 19.9 Å². The molecule has 6 nitrogen and oxygen atoms in total. The van der Waals surface area contributed by atoms with Gasteiger partial charge in [0.05, 0.1) is 31.0 Å². The van der Waals surface area contributed by atoms with Gasteiger partial charge in [0, 0.05) is 6.07 Å². The monoisotopic (exact) mass is 442 g/mol. The molecule has 170 valence electrons. The van der Waals surface area contributed by atoms with Crippen LogP contribution in [0, 0.1) is 0 Å². The molecule has 7 heteroatoms. The Balaban J connectivity index is 2.35. The molecule has 0 aromatic heterocycles. The Labute approximate surface area is 186 Å². The molecule has 2 rings (SSSR count). The molecule has 0 saturated carbocycles. The quantitative estimate of drug-likeness (QED) is 0.237. The minimum absolute atomic E-state index is 0.0836. The number of aliphatic hydroxyl groups is 2. The molecular weight excluding hydrogens is 415 g/mol. The molecule has 32 heavy (non-hydrogen) atoms. The van der Waals surface area contributed by atoms with E-state index in [1.54, 1.807) is 19.1 Å². The zero-order chi connectivity index (χ0) is 23.5. The highest BCUT2D eigenvalue weighted by atomic mass is 19.1. The van der Waals surface area contributed by atoms with E-state index in [1.807, 2.05) is 24.3 Å². The normalized spacial score (nSPS) is 11.2. The van der Waals surface area contributed by atoms with Crippen LogP contribution in [0.15, 0.2) is 66.3 Å². The van der Waals surface area contributed by atoms with Crippen molar-refractivity contribution in [3.05, 3.63) is 71.8 Å². The van der Waals surface area contributed by atoms with Gasteiger partial charge < -0.3 is 19.7 Å². The highest BCUT2D eigenvalue weighted by molar-refractivity contribution is 5.91. The van der Waals surface area contributed by atoms with Gasteiger partial charge in [-0.3, -0.25) is 4.39 Å². The Morgan fingerprint density at radius 3 is 2.09 bits per heavy atom. The van der Waals surface area contributed by atoms with Gasteiger partial charge >= 0.3 is 11.9 Å². The number of halogens is 1. The number of benzene rings is 2. The third kappa shape index (κ3) is 7.14. The maximum absolute atomic E-state index is 12.3. The summed E-state index contributed by atoms with van der Waals surface area (Å²) < 4.78 is 22.9. The van der Waals surface area contributed by atoms with Crippen molar-refractivity contribution < 1.29 is 33.7 Å². The van der Waals surface area contributed by atoms with Crippen LogP contribution in [0.4, 0.5) is 4.39 Å². The Morgan fingerprint density at radius 2 is 1.56 bits per heavy atom. The average Bonchev–Trinajstić information content (AvgIpc) is 2.79. The minimum atomic E-state index is -0.811. The number of esters is 2. The topological polar surface area (TPSA) is 93.1 Å². The molecular formula is C25H27FO6. The number of aryl methyl sites for hydroxylation is 1. The number of ether oxygens (including phenoxy) is 2. The summed E-state index contributed by atoms with van der Waals surface area (Å²) in [5.74, 6) is -1.32. The second-order valence-corrected chi connectivity index (χ2v) is 7.05. The maximum atomic E-state index is 12.3. The summed E-state index contributed by atoms with van der Waals surface area (Å²) >= 11 is 0. The SMILES string of the molecule is C=C(CO)C(=O)Oc1cc(OC(=O)/C(=C/C)CO)cc(-c2ccc(CCCCF)cc2)c1. The maximum Gasteiger partial charge on any atom is 0.341 e. The second kappa shape index (κ2) is 12.5. The minimum Gasteiger partial charge on any atom is -0.423 e. The number of hydrogen-bond donors (Lipinski definition) is 2. The fourth-order valence-corrected chi connectivity index (χ4v) is 2.83. The average molecular weight is 442 g/mol. The summed E-state index contributed by atoms with van der Waals surface area (Å²) in [6, 6.07) is 12.2. The largest absolute Gasteiger partial charge is 0.423 e. The number of alkyl halides is 1. The van der Waals surface area contributed by atoms with Crippen LogP contribution in [0.25, 0.3) is 11.1 Å². The lowest BCUT2D eigenvalue weighted by atomic mass is 10.0. The Bertz CT molecular complexity index is 978. The summed E-state index contributed by atoms with van der Waals surface area (Å²) in [5, 5.41) is 18.4. The zero-order valence-electron chi connectivity index (χ0n) is 18.0. The van der Waals surface area contributed by atoms with Crippen LogP contribution in [-0.2, 0) is 16.0 Å². The molecule has 0 amide bonds. The standard InChI is InChI=1S/C25H27FO6/c1-3-19(16-28)25(30)32-23-13-21(12-22(14-23)31-24(29)17(2)15-27)20-9-7-18(8-10-20)6-4-5-11-26/h3,7-10,12-14,27-28H,2,4-6,11,15-16H2,1H3/b19-3+. The van der Waals surface area contributed by atoms with Crippen molar-refractivity contribution in [1.29, 1.82) is 0 Å². The van der Waals surface area contributed by atoms with Crippen LogP contribution >= 0.6 is 0 Å².